The van der Waals surface area contributed by atoms with Gasteiger partial charge in [0.25, 0.3) is 5.91 Å². The molecule has 1 aliphatic heterocycles. The molecule has 4 rings (SSSR count). The van der Waals surface area contributed by atoms with E-state index in [1.54, 1.807) is 42.3 Å². The summed E-state index contributed by atoms with van der Waals surface area (Å²) >= 11 is 5.97. The monoisotopic (exact) mass is 452 g/mol. The van der Waals surface area contributed by atoms with Gasteiger partial charge >= 0.3 is 5.91 Å². The highest BCUT2D eigenvalue weighted by Crippen LogP contribution is 2.27. The van der Waals surface area contributed by atoms with Crippen LogP contribution in [-0.4, -0.2) is 35.9 Å². The standard InChI is InChI=1S/C24H19ClFN3O3/c1-32-20-12-6-16(7-13-20)22-21(27-23(30)17-4-10-19(26)11-5-17)24(31)28-29(22)14-15-2-8-18(25)9-3-15/h2-14,21-22H,1H3,(H-,27,28,30,31)/p+1/b29-14-/t21-,22-/m0/s1. The van der Waals surface area contributed by atoms with Gasteiger partial charge in [-0.1, -0.05) is 11.6 Å². The van der Waals surface area contributed by atoms with Gasteiger partial charge in [-0.25, -0.2) is 4.39 Å². The number of hydrogen-bond acceptors (Lipinski definition) is 3. The van der Waals surface area contributed by atoms with Crippen LogP contribution in [0.2, 0.25) is 5.02 Å². The molecule has 0 bridgehead atoms. The smallest absolute Gasteiger partial charge is 0.304 e. The van der Waals surface area contributed by atoms with E-state index in [1.165, 1.54) is 24.3 Å². The lowest BCUT2D eigenvalue weighted by molar-refractivity contribution is -0.596. The largest absolute Gasteiger partial charge is 0.497 e. The molecule has 0 aliphatic carbocycles. The van der Waals surface area contributed by atoms with Crippen LogP contribution in [0.3, 0.4) is 0 Å². The molecular formula is C24H20ClFN3O3+. The van der Waals surface area contributed by atoms with Gasteiger partial charge in [0.1, 0.15) is 11.6 Å². The summed E-state index contributed by atoms with van der Waals surface area (Å²) < 4.78 is 20.1. The molecule has 3 aromatic rings. The van der Waals surface area contributed by atoms with Crippen molar-refractivity contribution >= 4 is 29.6 Å². The van der Waals surface area contributed by atoms with Gasteiger partial charge in [-0.2, -0.15) is 0 Å². The van der Waals surface area contributed by atoms with Crippen LogP contribution in [-0.2, 0) is 4.79 Å². The van der Waals surface area contributed by atoms with Crippen LogP contribution in [0.1, 0.15) is 27.5 Å². The van der Waals surface area contributed by atoms with E-state index in [0.717, 1.165) is 11.1 Å². The summed E-state index contributed by atoms with van der Waals surface area (Å²) in [5.74, 6) is -0.616. The first-order chi connectivity index (χ1) is 15.4. The topological polar surface area (TPSA) is 70.4 Å². The minimum Gasteiger partial charge on any atom is -0.497 e. The number of carbonyl (C=O) groups is 2. The van der Waals surface area contributed by atoms with Crippen LogP contribution in [0, 0.1) is 5.82 Å². The van der Waals surface area contributed by atoms with E-state index in [2.05, 4.69) is 10.7 Å². The minimum atomic E-state index is -0.885. The van der Waals surface area contributed by atoms with Crippen molar-refractivity contribution in [3.8, 4) is 5.75 Å². The van der Waals surface area contributed by atoms with Crippen LogP contribution >= 0.6 is 11.6 Å². The van der Waals surface area contributed by atoms with E-state index in [4.69, 9.17) is 16.3 Å². The van der Waals surface area contributed by atoms with Crippen LogP contribution in [0.4, 0.5) is 4.39 Å². The number of hydrazone groups is 1. The third-order valence-electron chi connectivity index (χ3n) is 5.15. The Morgan fingerprint density at radius 3 is 2.34 bits per heavy atom. The summed E-state index contributed by atoms with van der Waals surface area (Å²) in [6.07, 6.45) is 1.77. The van der Waals surface area contributed by atoms with Gasteiger partial charge < -0.3 is 10.1 Å². The normalized spacial score (nSPS) is 19.0. The molecule has 2 N–H and O–H groups in total. The van der Waals surface area contributed by atoms with Crippen molar-refractivity contribution in [1.29, 1.82) is 0 Å². The molecule has 0 aromatic heterocycles. The maximum atomic E-state index is 13.2. The van der Waals surface area contributed by atoms with E-state index in [-0.39, 0.29) is 11.5 Å². The van der Waals surface area contributed by atoms with Crippen molar-refractivity contribution in [1.82, 2.24) is 10.7 Å². The van der Waals surface area contributed by atoms with Gasteiger partial charge in [-0.15, -0.1) is 10.1 Å². The molecule has 32 heavy (non-hydrogen) atoms. The first kappa shape index (κ1) is 21.5. The predicted octanol–water partition coefficient (Wildman–Crippen LogP) is 3.50. The molecule has 8 heteroatoms. The van der Waals surface area contributed by atoms with Gasteiger partial charge in [-0.3, -0.25) is 9.59 Å². The highest BCUT2D eigenvalue weighted by atomic mass is 35.5. The van der Waals surface area contributed by atoms with Gasteiger partial charge in [0.2, 0.25) is 12.3 Å². The Morgan fingerprint density at radius 2 is 1.72 bits per heavy atom. The molecule has 1 heterocycles. The number of benzene rings is 3. The van der Waals surface area contributed by atoms with Gasteiger partial charge in [-0.05, 0) is 72.8 Å². The van der Waals surface area contributed by atoms with E-state index in [1.807, 2.05) is 24.3 Å². The van der Waals surface area contributed by atoms with Crippen LogP contribution in [0.5, 0.6) is 5.75 Å². The van der Waals surface area contributed by atoms with Crippen LogP contribution in [0.15, 0.2) is 72.8 Å². The zero-order chi connectivity index (χ0) is 22.7. The van der Waals surface area contributed by atoms with Crippen molar-refractivity contribution in [2.75, 3.05) is 7.11 Å². The summed E-state index contributed by atoms with van der Waals surface area (Å²) in [4.78, 5) is 25.6. The van der Waals surface area contributed by atoms with E-state index >= 15 is 0 Å². The van der Waals surface area contributed by atoms with Crippen molar-refractivity contribution in [3.05, 3.63) is 100 Å². The summed E-state index contributed by atoms with van der Waals surface area (Å²) in [5, 5.41) is 3.38. The fourth-order valence-corrected chi connectivity index (χ4v) is 3.64. The second-order valence-corrected chi connectivity index (χ2v) is 7.68. The lowest BCUT2D eigenvalue weighted by Gasteiger charge is -2.15. The molecule has 3 aromatic carbocycles. The number of nitrogens with zero attached hydrogens (tertiary/aromatic N) is 1. The van der Waals surface area contributed by atoms with Crippen LogP contribution in [0.25, 0.3) is 0 Å². The fourth-order valence-electron chi connectivity index (χ4n) is 3.52. The number of ether oxygens (including phenoxy) is 1. The number of nitrogens with one attached hydrogen (secondary N) is 2. The molecule has 0 saturated carbocycles. The second-order valence-electron chi connectivity index (χ2n) is 7.24. The molecule has 2 atom stereocenters. The first-order valence-corrected chi connectivity index (χ1v) is 10.2. The third kappa shape index (κ3) is 4.63. The van der Waals surface area contributed by atoms with Crippen LogP contribution < -0.4 is 15.5 Å². The van der Waals surface area contributed by atoms with Gasteiger partial charge in [0.15, 0.2) is 6.04 Å². The number of rotatable bonds is 5. The van der Waals surface area contributed by atoms with Gasteiger partial charge in [0, 0.05) is 21.7 Å². The number of hydrazine groups is 1. The highest BCUT2D eigenvalue weighted by Gasteiger charge is 2.47. The number of methoxy groups -OCH3 is 1. The number of hydrogen-bond donors (Lipinski definition) is 2. The van der Waals surface area contributed by atoms with Crippen molar-refractivity contribution in [2.24, 2.45) is 0 Å². The molecule has 0 spiro atoms. The Balaban J connectivity index is 1.69. The van der Waals surface area contributed by atoms with E-state index < -0.39 is 23.8 Å². The minimum absolute atomic E-state index is 0.257. The molecular weight excluding hydrogens is 433 g/mol. The zero-order valence-corrected chi connectivity index (χ0v) is 17.8. The molecule has 1 fully saturated rings. The maximum Gasteiger partial charge on any atom is 0.304 e. The maximum absolute atomic E-state index is 13.2. The predicted molar refractivity (Wildman–Crippen MR) is 118 cm³/mol. The Labute approximate surface area is 189 Å². The average molecular weight is 453 g/mol. The van der Waals surface area contributed by atoms with Crippen molar-refractivity contribution < 1.29 is 23.4 Å². The molecule has 6 nitrogen and oxygen atoms in total. The SMILES string of the molecule is COc1ccc([C@H]2[C@H](NC(=O)c3ccc(F)cc3)C(=O)N/[N+]2=C\c2ccc(Cl)cc2)cc1. The lowest BCUT2D eigenvalue weighted by Crippen LogP contribution is -2.42. The Bertz CT molecular complexity index is 1160. The lowest BCUT2D eigenvalue weighted by atomic mass is 9.99. The van der Waals surface area contributed by atoms with Crippen molar-refractivity contribution in [2.45, 2.75) is 12.1 Å². The quantitative estimate of drug-likeness (QED) is 0.582. The number of amides is 2. The number of halogens is 2. The summed E-state index contributed by atoms with van der Waals surface area (Å²) in [6, 6.07) is 18.1. The van der Waals surface area contributed by atoms with Gasteiger partial charge in [0.05, 0.1) is 7.11 Å². The Hall–Kier alpha value is -3.71. The Kier molecular flexibility index (Phi) is 6.18. The highest BCUT2D eigenvalue weighted by molar-refractivity contribution is 6.30. The molecule has 1 saturated heterocycles. The molecule has 1 aliphatic rings. The zero-order valence-electron chi connectivity index (χ0n) is 17.1. The number of carbonyl (C=O) groups excluding carboxylic acids is 2. The summed E-state index contributed by atoms with van der Waals surface area (Å²) in [7, 11) is 1.57. The Morgan fingerprint density at radius 1 is 1.06 bits per heavy atom. The first-order valence-electron chi connectivity index (χ1n) is 9.84. The fraction of sp³-hybridized carbons (Fsp3) is 0.125. The second kappa shape index (κ2) is 9.20. The molecule has 0 radical (unpaired) electrons. The van der Waals surface area contributed by atoms with E-state index in [9.17, 15) is 14.0 Å². The average Bonchev–Trinajstić information content (AvgIpc) is 3.10. The van der Waals surface area contributed by atoms with E-state index in [0.29, 0.717) is 10.8 Å². The third-order valence-corrected chi connectivity index (χ3v) is 5.40. The summed E-state index contributed by atoms with van der Waals surface area (Å²) in [5.41, 5.74) is 4.68. The molecule has 162 valence electrons. The summed E-state index contributed by atoms with van der Waals surface area (Å²) in [6.45, 7) is 0. The van der Waals surface area contributed by atoms with Crippen molar-refractivity contribution in [3.63, 3.8) is 0 Å². The molecule has 2 amide bonds. The molecule has 0 unspecified atom stereocenters.